The van der Waals surface area contributed by atoms with E-state index < -0.39 is 46.2 Å². The van der Waals surface area contributed by atoms with E-state index in [1.54, 1.807) is 36.8 Å². The zero-order chi connectivity index (χ0) is 36.7. The van der Waals surface area contributed by atoms with Crippen LogP contribution in [0.15, 0.2) is 83.6 Å². The Balaban J connectivity index is 0.000000198. The molecule has 6 rings (SSSR count). The predicted molar refractivity (Wildman–Crippen MR) is 182 cm³/mol. The molecule has 0 fully saturated rings. The highest BCUT2D eigenvalue weighted by Gasteiger charge is 2.21. The van der Waals surface area contributed by atoms with Gasteiger partial charge in [-0.05, 0) is 48.5 Å². The number of hydrogen-bond donors (Lipinski definition) is 3. The number of phenols is 1. The number of carbonyl (C=O) groups is 2. The molecule has 2 amide bonds. The minimum absolute atomic E-state index is 0.0324. The zero-order valence-electron chi connectivity index (χ0n) is 26.4. The van der Waals surface area contributed by atoms with Gasteiger partial charge < -0.3 is 30.8 Å². The molecule has 0 aliphatic carbocycles. The first kappa shape index (κ1) is 36.3. The molecule has 16 heteroatoms. The molecule has 0 bridgehead atoms. The molecule has 0 aliphatic rings. The van der Waals surface area contributed by atoms with Crippen LogP contribution in [-0.2, 0) is 13.2 Å². The van der Waals surface area contributed by atoms with Gasteiger partial charge in [-0.2, -0.15) is 0 Å². The molecule has 5 N–H and O–H groups in total. The molecule has 51 heavy (non-hydrogen) atoms. The van der Waals surface area contributed by atoms with Gasteiger partial charge in [0.15, 0.2) is 23.1 Å². The highest BCUT2D eigenvalue weighted by atomic mass is 32.1. The molecule has 2 aromatic heterocycles. The summed E-state index contributed by atoms with van der Waals surface area (Å²) in [6.45, 7) is -0.0976. The van der Waals surface area contributed by atoms with Crippen molar-refractivity contribution in [2.45, 2.75) is 13.2 Å². The third-order valence-corrected chi connectivity index (χ3v) is 8.56. The van der Waals surface area contributed by atoms with Crippen molar-refractivity contribution in [1.29, 1.82) is 0 Å². The van der Waals surface area contributed by atoms with Gasteiger partial charge in [-0.1, -0.05) is 24.3 Å². The number of amides is 2. The second-order valence-electron chi connectivity index (χ2n) is 10.3. The first-order valence-electron chi connectivity index (χ1n) is 14.6. The number of thiazole rings is 2. The zero-order valence-corrected chi connectivity index (χ0v) is 28.0. The number of ether oxygens (including phenoxy) is 3. The van der Waals surface area contributed by atoms with Crippen molar-refractivity contribution < 1.29 is 46.5 Å². The monoisotopic (exact) mass is 738 g/mol. The summed E-state index contributed by atoms with van der Waals surface area (Å²) in [6.07, 6.45) is 0. The SMILES string of the molecule is COc1cccc(-c2csc(COc3ccc(F)c(C(N)=O)c3F)n2)c1.NC(=O)c1c(F)ccc(OCc2nc(-c3cccc(O)c3)cs2)c1F. The van der Waals surface area contributed by atoms with Crippen molar-refractivity contribution in [3.8, 4) is 45.5 Å². The van der Waals surface area contributed by atoms with Crippen molar-refractivity contribution >= 4 is 34.5 Å². The lowest BCUT2D eigenvalue weighted by atomic mass is 10.1. The topological polar surface area (TPSA) is 160 Å². The molecule has 0 atom stereocenters. The summed E-state index contributed by atoms with van der Waals surface area (Å²) in [6, 6.07) is 18.1. The van der Waals surface area contributed by atoms with Crippen LogP contribution in [0.4, 0.5) is 17.6 Å². The Bertz CT molecular complexity index is 2210. The van der Waals surface area contributed by atoms with Crippen LogP contribution in [0.3, 0.4) is 0 Å². The number of nitrogens with zero attached hydrogens (tertiary/aromatic N) is 2. The van der Waals surface area contributed by atoms with E-state index in [-0.39, 0.29) is 30.5 Å². The second kappa shape index (κ2) is 16.1. The Morgan fingerprint density at radius 1 is 0.706 bits per heavy atom. The summed E-state index contributed by atoms with van der Waals surface area (Å²) >= 11 is 2.61. The molecule has 0 aliphatic heterocycles. The molecule has 10 nitrogen and oxygen atoms in total. The van der Waals surface area contributed by atoms with Crippen LogP contribution in [0.5, 0.6) is 23.0 Å². The van der Waals surface area contributed by atoms with Gasteiger partial charge in [0.05, 0.1) is 18.5 Å². The molecule has 0 unspecified atom stereocenters. The van der Waals surface area contributed by atoms with Crippen molar-refractivity contribution in [2.75, 3.05) is 7.11 Å². The summed E-state index contributed by atoms with van der Waals surface area (Å²) in [7, 11) is 1.58. The average Bonchev–Trinajstić information content (AvgIpc) is 3.78. The van der Waals surface area contributed by atoms with Gasteiger partial charge >= 0.3 is 0 Å². The standard InChI is InChI=1S/C18H14F2N2O3S.C17H12F2N2O3S/c1-24-11-4-2-3-10(7-11)13-9-26-15(22-13)8-25-14-6-5-12(19)16(17(14)20)18(21)23;18-11-4-5-13(16(19)15(11)17(20)23)24-7-14-21-12(8-25-14)9-2-1-3-10(22)6-9/h2-7,9H,8H2,1H3,(H2,21,23);1-6,8,22H,7H2,(H2,20,23). The predicted octanol–water partition coefficient (Wildman–Crippen LogP) is 7.25. The van der Waals surface area contributed by atoms with Crippen LogP contribution in [0.2, 0.25) is 0 Å². The number of carbonyl (C=O) groups excluding carboxylic acids is 2. The maximum absolute atomic E-state index is 14.1. The lowest BCUT2D eigenvalue weighted by molar-refractivity contribution is 0.0982. The first-order chi connectivity index (χ1) is 24.4. The Morgan fingerprint density at radius 3 is 1.63 bits per heavy atom. The number of methoxy groups -OCH3 is 1. The number of phenolic OH excluding ortho intramolecular Hbond substituents is 1. The summed E-state index contributed by atoms with van der Waals surface area (Å²) in [5.41, 5.74) is 11.3. The highest BCUT2D eigenvalue weighted by molar-refractivity contribution is 7.10. The van der Waals surface area contributed by atoms with Crippen LogP contribution in [0.1, 0.15) is 30.7 Å². The van der Waals surface area contributed by atoms with Gasteiger partial charge in [-0.15, -0.1) is 22.7 Å². The fraction of sp³-hybridized carbons (Fsp3) is 0.0857. The Hall–Kier alpha value is -6.00. The fourth-order valence-electron chi connectivity index (χ4n) is 4.49. The minimum Gasteiger partial charge on any atom is -0.508 e. The lowest BCUT2D eigenvalue weighted by Crippen LogP contribution is -2.16. The summed E-state index contributed by atoms with van der Waals surface area (Å²) in [5, 5.41) is 14.2. The normalized spacial score (nSPS) is 10.6. The first-order valence-corrected chi connectivity index (χ1v) is 16.3. The van der Waals surface area contributed by atoms with Crippen molar-refractivity contribution in [1.82, 2.24) is 9.97 Å². The molecule has 262 valence electrons. The number of benzene rings is 4. The highest BCUT2D eigenvalue weighted by Crippen LogP contribution is 2.29. The van der Waals surface area contributed by atoms with E-state index >= 15 is 0 Å². The van der Waals surface area contributed by atoms with Crippen molar-refractivity contribution in [2.24, 2.45) is 11.5 Å². The van der Waals surface area contributed by atoms with E-state index in [0.717, 1.165) is 41.1 Å². The number of nitrogens with two attached hydrogens (primary N) is 2. The molecular formula is C35H26F4N4O6S2. The number of primary amides is 2. The van der Waals surface area contributed by atoms with Gasteiger partial charge in [-0.25, -0.2) is 27.5 Å². The third kappa shape index (κ3) is 8.78. The van der Waals surface area contributed by atoms with Crippen LogP contribution in [0.25, 0.3) is 22.5 Å². The summed E-state index contributed by atoms with van der Waals surface area (Å²) < 4.78 is 71.0. The van der Waals surface area contributed by atoms with Gasteiger partial charge in [0.1, 0.15) is 57.5 Å². The quantitative estimate of drug-likeness (QED) is 0.117. The average molecular weight is 739 g/mol. The van der Waals surface area contributed by atoms with E-state index in [0.29, 0.717) is 21.5 Å². The van der Waals surface area contributed by atoms with Crippen LogP contribution < -0.4 is 25.7 Å². The van der Waals surface area contributed by atoms with Gasteiger partial charge in [0.2, 0.25) is 0 Å². The number of rotatable bonds is 11. The van der Waals surface area contributed by atoms with Crippen LogP contribution in [0, 0.1) is 23.3 Å². The maximum atomic E-state index is 14.1. The fourth-order valence-corrected chi connectivity index (χ4v) is 5.92. The number of hydrogen-bond acceptors (Lipinski definition) is 10. The smallest absolute Gasteiger partial charge is 0.254 e. The molecular weight excluding hydrogens is 713 g/mol. The molecule has 0 saturated carbocycles. The van der Waals surface area contributed by atoms with Crippen molar-refractivity contribution in [3.63, 3.8) is 0 Å². The van der Waals surface area contributed by atoms with Crippen LogP contribution >= 0.6 is 22.7 Å². The number of aromatic hydroxyl groups is 1. The lowest BCUT2D eigenvalue weighted by Gasteiger charge is -2.08. The summed E-state index contributed by atoms with van der Waals surface area (Å²) in [5.74, 6) is -6.46. The molecule has 6 aromatic rings. The van der Waals surface area contributed by atoms with Gasteiger partial charge in [-0.3, -0.25) is 9.59 Å². The Morgan fingerprint density at radius 2 is 1.18 bits per heavy atom. The molecule has 0 saturated heterocycles. The number of aromatic nitrogens is 2. The van der Waals surface area contributed by atoms with Crippen LogP contribution in [-0.4, -0.2) is 34.0 Å². The van der Waals surface area contributed by atoms with E-state index in [9.17, 15) is 32.3 Å². The molecule has 2 heterocycles. The maximum Gasteiger partial charge on any atom is 0.254 e. The Kier molecular flexibility index (Phi) is 11.5. The molecule has 0 spiro atoms. The molecule has 0 radical (unpaired) electrons. The third-order valence-electron chi connectivity index (χ3n) is 6.92. The summed E-state index contributed by atoms with van der Waals surface area (Å²) in [4.78, 5) is 31.0. The van der Waals surface area contributed by atoms with E-state index in [2.05, 4.69) is 9.97 Å². The van der Waals surface area contributed by atoms with Gasteiger partial charge in [0.25, 0.3) is 11.8 Å². The molecule has 4 aromatic carbocycles. The van der Waals surface area contributed by atoms with Gasteiger partial charge in [0, 0.05) is 21.9 Å². The van der Waals surface area contributed by atoms with E-state index in [1.807, 2.05) is 29.6 Å². The minimum atomic E-state index is -1.21. The largest absolute Gasteiger partial charge is 0.508 e. The van der Waals surface area contributed by atoms with E-state index in [1.165, 1.54) is 22.7 Å². The second-order valence-corrected chi connectivity index (χ2v) is 12.2. The van der Waals surface area contributed by atoms with Crippen molar-refractivity contribution in [3.05, 3.63) is 128 Å². The van der Waals surface area contributed by atoms with E-state index in [4.69, 9.17) is 25.7 Å². The number of halogens is 4. The Labute approximate surface area is 295 Å².